The number of hydrogen-bond donors (Lipinski definition) is 2. The van der Waals surface area contributed by atoms with Gasteiger partial charge in [0, 0.05) is 18.8 Å². The number of H-pyrrole nitrogens is 1. The van der Waals surface area contributed by atoms with Gasteiger partial charge in [-0.3, -0.25) is 5.10 Å². The SMILES string of the molecule is CCCc1cc(CN(C)C(=O)Nc2cc3c(cc2C)OCCO3)[nH]n1. The third-order valence-electron chi connectivity index (χ3n) is 4.08. The lowest BCUT2D eigenvalue weighted by atomic mass is 10.1. The Balaban J connectivity index is 1.64. The molecular weight excluding hydrogens is 320 g/mol. The number of carbonyl (C=O) groups excluding carboxylic acids is 1. The molecule has 0 aliphatic carbocycles. The van der Waals surface area contributed by atoms with Crippen molar-refractivity contribution in [2.45, 2.75) is 33.2 Å². The monoisotopic (exact) mass is 344 g/mol. The summed E-state index contributed by atoms with van der Waals surface area (Å²) < 4.78 is 11.1. The van der Waals surface area contributed by atoms with Gasteiger partial charge in [-0.15, -0.1) is 0 Å². The van der Waals surface area contributed by atoms with Crippen molar-refractivity contribution in [3.63, 3.8) is 0 Å². The van der Waals surface area contributed by atoms with E-state index in [2.05, 4.69) is 22.4 Å². The molecule has 2 heterocycles. The van der Waals surface area contributed by atoms with Crippen molar-refractivity contribution in [3.05, 3.63) is 35.2 Å². The molecule has 0 saturated heterocycles. The van der Waals surface area contributed by atoms with E-state index in [1.165, 1.54) is 0 Å². The van der Waals surface area contributed by atoms with Gasteiger partial charge >= 0.3 is 6.03 Å². The fourth-order valence-corrected chi connectivity index (χ4v) is 2.74. The number of rotatable bonds is 5. The smallest absolute Gasteiger partial charge is 0.321 e. The Bertz CT molecular complexity index is 757. The molecule has 0 saturated carbocycles. The lowest BCUT2D eigenvalue weighted by Crippen LogP contribution is -2.31. The van der Waals surface area contributed by atoms with Gasteiger partial charge in [-0.2, -0.15) is 5.10 Å². The number of aryl methyl sites for hydroxylation is 2. The van der Waals surface area contributed by atoms with Crippen LogP contribution in [0, 0.1) is 6.92 Å². The van der Waals surface area contributed by atoms with Crippen molar-refractivity contribution in [2.24, 2.45) is 0 Å². The summed E-state index contributed by atoms with van der Waals surface area (Å²) in [5.74, 6) is 1.38. The van der Waals surface area contributed by atoms with Gasteiger partial charge in [0.2, 0.25) is 0 Å². The zero-order valence-corrected chi connectivity index (χ0v) is 14.9. The summed E-state index contributed by atoms with van der Waals surface area (Å²) in [6, 6.07) is 5.51. The van der Waals surface area contributed by atoms with Crippen molar-refractivity contribution in [3.8, 4) is 11.5 Å². The fourth-order valence-electron chi connectivity index (χ4n) is 2.74. The zero-order valence-electron chi connectivity index (χ0n) is 14.9. The number of ether oxygens (including phenoxy) is 2. The van der Waals surface area contributed by atoms with Crippen molar-refractivity contribution in [1.82, 2.24) is 15.1 Å². The van der Waals surface area contributed by atoms with E-state index in [9.17, 15) is 4.79 Å². The molecule has 1 aromatic heterocycles. The minimum atomic E-state index is -0.189. The van der Waals surface area contributed by atoms with Gasteiger partial charge in [-0.1, -0.05) is 13.3 Å². The van der Waals surface area contributed by atoms with Gasteiger partial charge in [0.05, 0.1) is 17.9 Å². The largest absolute Gasteiger partial charge is 0.486 e. The van der Waals surface area contributed by atoms with E-state index >= 15 is 0 Å². The molecule has 0 unspecified atom stereocenters. The average molecular weight is 344 g/mol. The van der Waals surface area contributed by atoms with Gasteiger partial charge < -0.3 is 19.7 Å². The molecule has 0 bridgehead atoms. The van der Waals surface area contributed by atoms with E-state index in [-0.39, 0.29) is 6.03 Å². The molecule has 1 aromatic carbocycles. The van der Waals surface area contributed by atoms with Crippen LogP contribution in [0.2, 0.25) is 0 Å². The maximum atomic E-state index is 12.5. The molecule has 1 aliphatic heterocycles. The quantitative estimate of drug-likeness (QED) is 0.873. The second-order valence-electron chi connectivity index (χ2n) is 6.23. The van der Waals surface area contributed by atoms with E-state index in [0.29, 0.717) is 25.5 Å². The van der Waals surface area contributed by atoms with Gasteiger partial charge in [0.25, 0.3) is 0 Å². The Morgan fingerprint density at radius 2 is 2.00 bits per heavy atom. The number of aromatic nitrogens is 2. The van der Waals surface area contributed by atoms with Crippen molar-refractivity contribution in [1.29, 1.82) is 0 Å². The van der Waals surface area contributed by atoms with E-state index in [1.807, 2.05) is 25.1 Å². The number of aromatic amines is 1. The first-order valence-electron chi connectivity index (χ1n) is 8.52. The lowest BCUT2D eigenvalue weighted by molar-refractivity contribution is 0.171. The third-order valence-corrected chi connectivity index (χ3v) is 4.08. The number of fused-ring (bicyclic) bond motifs is 1. The molecule has 2 amide bonds. The molecular formula is C18H24N4O3. The first kappa shape index (κ1) is 17.1. The van der Waals surface area contributed by atoms with Crippen molar-refractivity contribution in [2.75, 3.05) is 25.6 Å². The highest BCUT2D eigenvalue weighted by Crippen LogP contribution is 2.35. The highest BCUT2D eigenvalue weighted by atomic mass is 16.6. The van der Waals surface area contributed by atoms with Gasteiger partial charge in [0.1, 0.15) is 13.2 Å². The number of nitrogens with zero attached hydrogens (tertiary/aromatic N) is 2. The van der Waals surface area contributed by atoms with Crippen LogP contribution in [-0.4, -0.2) is 41.4 Å². The molecule has 0 fully saturated rings. The van der Waals surface area contributed by atoms with Gasteiger partial charge in [-0.25, -0.2) is 4.79 Å². The predicted molar refractivity (Wildman–Crippen MR) is 95.2 cm³/mol. The van der Waals surface area contributed by atoms with E-state index in [1.54, 1.807) is 11.9 Å². The van der Waals surface area contributed by atoms with Crippen molar-refractivity contribution >= 4 is 11.7 Å². The molecule has 0 atom stereocenters. The maximum Gasteiger partial charge on any atom is 0.321 e. The number of amides is 2. The number of anilines is 1. The van der Waals surface area contributed by atoms with E-state index in [4.69, 9.17) is 9.47 Å². The molecule has 0 spiro atoms. The number of benzene rings is 1. The van der Waals surface area contributed by atoms with E-state index in [0.717, 1.165) is 41.2 Å². The topological polar surface area (TPSA) is 79.5 Å². The number of hydrogen-bond acceptors (Lipinski definition) is 4. The number of urea groups is 1. The highest BCUT2D eigenvalue weighted by Gasteiger charge is 2.17. The minimum absolute atomic E-state index is 0.189. The molecule has 2 N–H and O–H groups in total. The second-order valence-corrected chi connectivity index (χ2v) is 6.23. The molecule has 7 heteroatoms. The van der Waals surface area contributed by atoms with Crippen LogP contribution in [-0.2, 0) is 13.0 Å². The molecule has 1 aliphatic rings. The Hall–Kier alpha value is -2.70. The molecule has 0 radical (unpaired) electrons. The summed E-state index contributed by atoms with van der Waals surface area (Å²) in [4.78, 5) is 14.1. The molecule has 25 heavy (non-hydrogen) atoms. The lowest BCUT2D eigenvalue weighted by Gasteiger charge is -2.22. The van der Waals surface area contributed by atoms with Crippen LogP contribution in [0.3, 0.4) is 0 Å². The predicted octanol–water partition coefficient (Wildman–Crippen LogP) is 3.11. The Kier molecular flexibility index (Phi) is 5.11. The van der Waals surface area contributed by atoms with Crippen LogP contribution >= 0.6 is 0 Å². The summed E-state index contributed by atoms with van der Waals surface area (Å²) in [6.45, 7) is 5.57. The van der Waals surface area contributed by atoms with Gasteiger partial charge in [-0.05, 0) is 31.0 Å². The van der Waals surface area contributed by atoms with Crippen LogP contribution in [0.5, 0.6) is 11.5 Å². The van der Waals surface area contributed by atoms with Crippen LogP contribution in [0.1, 0.15) is 30.3 Å². The summed E-state index contributed by atoms with van der Waals surface area (Å²) in [7, 11) is 1.75. The first-order valence-corrected chi connectivity index (χ1v) is 8.52. The Morgan fingerprint density at radius 1 is 1.28 bits per heavy atom. The Morgan fingerprint density at radius 3 is 2.72 bits per heavy atom. The number of nitrogens with one attached hydrogen (secondary N) is 2. The Labute approximate surface area is 147 Å². The third kappa shape index (κ3) is 4.04. The molecule has 134 valence electrons. The van der Waals surface area contributed by atoms with E-state index < -0.39 is 0 Å². The zero-order chi connectivity index (χ0) is 17.8. The minimum Gasteiger partial charge on any atom is -0.486 e. The van der Waals surface area contributed by atoms with Crippen molar-refractivity contribution < 1.29 is 14.3 Å². The first-order chi connectivity index (χ1) is 12.1. The summed E-state index contributed by atoms with van der Waals surface area (Å²) in [5, 5.41) is 10.2. The van der Waals surface area contributed by atoms with Crippen LogP contribution in [0.15, 0.2) is 18.2 Å². The van der Waals surface area contributed by atoms with Gasteiger partial charge in [0.15, 0.2) is 11.5 Å². The fraction of sp³-hybridized carbons (Fsp3) is 0.444. The number of carbonyl (C=O) groups is 1. The normalized spacial score (nSPS) is 12.8. The second kappa shape index (κ2) is 7.46. The summed E-state index contributed by atoms with van der Waals surface area (Å²) in [5.41, 5.74) is 3.59. The van der Waals surface area contributed by atoms with Crippen LogP contribution < -0.4 is 14.8 Å². The maximum absolute atomic E-state index is 12.5. The molecule has 7 nitrogen and oxygen atoms in total. The standard InChI is InChI=1S/C18H24N4O3/c1-4-5-13-9-14(21-20-13)11-22(3)18(23)19-15-10-17-16(8-12(15)2)24-6-7-25-17/h8-10H,4-7,11H2,1-3H3,(H,19,23)(H,20,21). The van der Waals surface area contributed by atoms with Crippen LogP contribution in [0.25, 0.3) is 0 Å². The molecule has 3 rings (SSSR count). The van der Waals surface area contributed by atoms with Crippen LogP contribution in [0.4, 0.5) is 10.5 Å². The molecule has 2 aromatic rings. The average Bonchev–Trinajstić information content (AvgIpc) is 3.03. The highest BCUT2D eigenvalue weighted by molar-refractivity contribution is 5.90. The summed E-state index contributed by atoms with van der Waals surface area (Å²) in [6.07, 6.45) is 1.98. The summed E-state index contributed by atoms with van der Waals surface area (Å²) >= 11 is 0.